The molecule has 7 heteroatoms. The molecule has 0 radical (unpaired) electrons. The van der Waals surface area contributed by atoms with Gasteiger partial charge in [-0.15, -0.1) is 24.0 Å². The van der Waals surface area contributed by atoms with Crippen LogP contribution in [0, 0.1) is 5.41 Å². The van der Waals surface area contributed by atoms with E-state index in [1.165, 1.54) is 25.7 Å². The Hall–Kier alpha value is -0.570. The van der Waals surface area contributed by atoms with Crippen LogP contribution in [0.3, 0.4) is 0 Å². The maximum atomic E-state index is 11.7. The van der Waals surface area contributed by atoms with Gasteiger partial charge in [0.25, 0.3) is 0 Å². The highest BCUT2D eigenvalue weighted by Gasteiger charge is 2.33. The average Bonchev–Trinajstić information content (AvgIpc) is 2.99. The highest BCUT2D eigenvalue weighted by molar-refractivity contribution is 14.0. The van der Waals surface area contributed by atoms with Crippen LogP contribution in [0.15, 0.2) is 4.99 Å². The van der Waals surface area contributed by atoms with E-state index in [0.29, 0.717) is 18.4 Å². The Bertz CT molecular complexity index is 397. The number of rotatable bonds is 10. The Balaban J connectivity index is 0.00000576. The van der Waals surface area contributed by atoms with E-state index in [1.807, 2.05) is 20.8 Å². The van der Waals surface area contributed by atoms with Crippen molar-refractivity contribution < 1.29 is 9.53 Å². The van der Waals surface area contributed by atoms with Crippen molar-refractivity contribution in [3.63, 3.8) is 0 Å². The molecule has 0 aromatic heterocycles. The minimum absolute atomic E-state index is 0. The molecule has 0 aromatic rings. The minimum atomic E-state index is 0. The molecular formula is C18H37IN4O2. The summed E-state index contributed by atoms with van der Waals surface area (Å²) in [6, 6.07) is 0.183. The number of hydrogen-bond acceptors (Lipinski definition) is 3. The molecule has 1 saturated carbocycles. The van der Waals surface area contributed by atoms with E-state index in [1.54, 1.807) is 7.05 Å². The fourth-order valence-electron chi connectivity index (χ4n) is 3.25. The normalized spacial score (nSPS) is 16.4. The minimum Gasteiger partial charge on any atom is -0.382 e. The third-order valence-electron chi connectivity index (χ3n) is 4.59. The second-order valence-corrected chi connectivity index (χ2v) is 6.98. The first-order chi connectivity index (χ1) is 11.5. The topological polar surface area (TPSA) is 74.8 Å². The largest absolute Gasteiger partial charge is 0.382 e. The van der Waals surface area contributed by atoms with Gasteiger partial charge in [-0.3, -0.25) is 9.79 Å². The van der Waals surface area contributed by atoms with Crippen molar-refractivity contribution >= 4 is 35.8 Å². The summed E-state index contributed by atoms with van der Waals surface area (Å²) in [7, 11) is 1.77. The highest BCUT2D eigenvalue weighted by atomic mass is 127. The van der Waals surface area contributed by atoms with Crippen LogP contribution >= 0.6 is 24.0 Å². The summed E-state index contributed by atoms with van der Waals surface area (Å²) in [6.45, 7) is 9.10. The van der Waals surface area contributed by atoms with Crippen LogP contribution in [0.5, 0.6) is 0 Å². The van der Waals surface area contributed by atoms with Gasteiger partial charge in [0, 0.05) is 45.8 Å². The quantitative estimate of drug-likeness (QED) is 0.200. The molecule has 0 aromatic carbocycles. The molecule has 1 aliphatic carbocycles. The summed E-state index contributed by atoms with van der Waals surface area (Å²) in [5, 5.41) is 9.57. The number of amides is 1. The molecule has 0 saturated heterocycles. The average molecular weight is 468 g/mol. The second kappa shape index (κ2) is 13.6. The Kier molecular flexibility index (Phi) is 13.3. The van der Waals surface area contributed by atoms with Crippen molar-refractivity contribution in [3.8, 4) is 0 Å². The van der Waals surface area contributed by atoms with Crippen LogP contribution in [-0.2, 0) is 9.53 Å². The van der Waals surface area contributed by atoms with Crippen molar-refractivity contribution in [3.05, 3.63) is 0 Å². The molecule has 3 N–H and O–H groups in total. The maximum Gasteiger partial charge on any atom is 0.221 e. The van der Waals surface area contributed by atoms with Crippen molar-refractivity contribution in [2.45, 2.75) is 65.3 Å². The van der Waals surface area contributed by atoms with Crippen LogP contribution < -0.4 is 16.0 Å². The van der Waals surface area contributed by atoms with Crippen LogP contribution in [-0.4, -0.2) is 51.3 Å². The van der Waals surface area contributed by atoms with Crippen molar-refractivity contribution in [1.82, 2.24) is 16.0 Å². The van der Waals surface area contributed by atoms with Gasteiger partial charge in [0.1, 0.15) is 0 Å². The van der Waals surface area contributed by atoms with Gasteiger partial charge < -0.3 is 20.7 Å². The number of nitrogens with one attached hydrogen (secondary N) is 3. The summed E-state index contributed by atoms with van der Waals surface area (Å²) < 4.78 is 5.56. The SMILES string of the molecule is CCOCCC1(CNC(=NC)NCCC(=O)NC(C)C)CCCC1.I. The first-order valence-corrected chi connectivity index (χ1v) is 9.33. The molecule has 1 amide bonds. The zero-order valence-electron chi connectivity index (χ0n) is 16.3. The molecule has 0 atom stereocenters. The van der Waals surface area contributed by atoms with Crippen molar-refractivity contribution in [2.75, 3.05) is 33.4 Å². The van der Waals surface area contributed by atoms with E-state index in [0.717, 1.165) is 32.1 Å². The van der Waals surface area contributed by atoms with Gasteiger partial charge in [0.15, 0.2) is 5.96 Å². The third kappa shape index (κ3) is 10.2. The van der Waals surface area contributed by atoms with Gasteiger partial charge in [-0.25, -0.2) is 0 Å². The predicted octanol–water partition coefficient (Wildman–Crippen LogP) is 2.67. The smallest absolute Gasteiger partial charge is 0.221 e. The number of nitrogens with zero attached hydrogens (tertiary/aromatic N) is 1. The molecule has 6 nitrogen and oxygen atoms in total. The molecule has 0 spiro atoms. The number of carbonyl (C=O) groups is 1. The third-order valence-corrected chi connectivity index (χ3v) is 4.59. The van der Waals surface area contributed by atoms with E-state index in [4.69, 9.17) is 4.74 Å². The monoisotopic (exact) mass is 468 g/mol. The first-order valence-electron chi connectivity index (χ1n) is 9.33. The second-order valence-electron chi connectivity index (χ2n) is 6.98. The fourth-order valence-corrected chi connectivity index (χ4v) is 3.25. The van der Waals surface area contributed by atoms with Gasteiger partial charge >= 0.3 is 0 Å². The van der Waals surface area contributed by atoms with Crippen LogP contribution in [0.1, 0.15) is 59.3 Å². The summed E-state index contributed by atoms with van der Waals surface area (Å²) in [5.74, 6) is 0.840. The van der Waals surface area contributed by atoms with Crippen molar-refractivity contribution in [2.24, 2.45) is 10.4 Å². The highest BCUT2D eigenvalue weighted by Crippen LogP contribution is 2.40. The zero-order valence-corrected chi connectivity index (χ0v) is 18.7. The molecule has 0 bridgehead atoms. The van der Waals surface area contributed by atoms with Crippen LogP contribution in [0.2, 0.25) is 0 Å². The molecule has 0 aliphatic heterocycles. The molecule has 1 aliphatic rings. The van der Waals surface area contributed by atoms with E-state index in [9.17, 15) is 4.79 Å². The Morgan fingerprint density at radius 2 is 1.92 bits per heavy atom. The van der Waals surface area contributed by atoms with Gasteiger partial charge in [-0.2, -0.15) is 0 Å². The summed E-state index contributed by atoms with van der Waals surface area (Å²) in [5.41, 5.74) is 0.321. The standard InChI is InChI=1S/C18H36N4O2.HI/c1-5-24-13-11-18(9-6-7-10-18)14-21-17(19-4)20-12-8-16(23)22-15(2)3;/h15H,5-14H2,1-4H3,(H,22,23)(H2,19,20,21);1H. The number of ether oxygens (including phenoxy) is 1. The number of guanidine groups is 1. The maximum absolute atomic E-state index is 11.7. The Morgan fingerprint density at radius 3 is 2.48 bits per heavy atom. The van der Waals surface area contributed by atoms with Gasteiger partial charge in [-0.05, 0) is 45.4 Å². The van der Waals surface area contributed by atoms with Crippen LogP contribution in [0.25, 0.3) is 0 Å². The number of carbonyl (C=O) groups excluding carboxylic acids is 1. The lowest BCUT2D eigenvalue weighted by molar-refractivity contribution is -0.121. The number of hydrogen-bond donors (Lipinski definition) is 3. The molecular weight excluding hydrogens is 431 g/mol. The predicted molar refractivity (Wildman–Crippen MR) is 115 cm³/mol. The van der Waals surface area contributed by atoms with Gasteiger partial charge in [-0.1, -0.05) is 12.8 Å². The van der Waals surface area contributed by atoms with Crippen molar-refractivity contribution in [1.29, 1.82) is 0 Å². The first kappa shape index (κ1) is 24.4. The lowest BCUT2D eigenvalue weighted by Crippen LogP contribution is -2.44. The molecule has 148 valence electrons. The van der Waals surface area contributed by atoms with E-state index in [-0.39, 0.29) is 35.9 Å². The Labute approximate surface area is 170 Å². The number of aliphatic imine (C=N–C) groups is 1. The molecule has 1 fully saturated rings. The van der Waals surface area contributed by atoms with E-state index < -0.39 is 0 Å². The summed E-state index contributed by atoms with van der Waals surface area (Å²) in [6.07, 6.45) is 6.65. The number of halogens is 1. The van der Waals surface area contributed by atoms with Crippen LogP contribution in [0.4, 0.5) is 0 Å². The summed E-state index contributed by atoms with van der Waals surface area (Å²) in [4.78, 5) is 15.9. The fraction of sp³-hybridized carbons (Fsp3) is 0.889. The molecule has 1 rings (SSSR count). The van der Waals surface area contributed by atoms with E-state index >= 15 is 0 Å². The molecule has 0 heterocycles. The lowest BCUT2D eigenvalue weighted by Gasteiger charge is -2.30. The lowest BCUT2D eigenvalue weighted by atomic mass is 9.83. The summed E-state index contributed by atoms with van der Waals surface area (Å²) >= 11 is 0. The van der Waals surface area contributed by atoms with E-state index in [2.05, 4.69) is 20.9 Å². The van der Waals surface area contributed by atoms with Gasteiger partial charge in [0.2, 0.25) is 5.91 Å². The molecule has 0 unspecified atom stereocenters. The Morgan fingerprint density at radius 1 is 1.24 bits per heavy atom. The zero-order chi connectivity index (χ0) is 17.8. The molecule has 25 heavy (non-hydrogen) atoms. The van der Waals surface area contributed by atoms with Gasteiger partial charge in [0.05, 0.1) is 0 Å².